The Labute approximate surface area is 112 Å². The van der Waals surface area contributed by atoms with Crippen molar-refractivity contribution < 1.29 is 9.53 Å². The smallest absolute Gasteiger partial charge is 0.162 e. The SMILES string of the molecule is CCCCC(CC)CC(=O)C(OC)C1CCCC1. The number of Topliss-reactive ketones (excluding diaryl/α,β-unsaturated/α-hetero) is 1. The fourth-order valence-electron chi connectivity index (χ4n) is 3.19. The quantitative estimate of drug-likeness (QED) is 0.611. The number of hydrogen-bond acceptors (Lipinski definition) is 2. The molecular formula is C16H30O2. The molecule has 2 nitrogen and oxygen atoms in total. The van der Waals surface area contributed by atoms with Crippen molar-refractivity contribution in [3.8, 4) is 0 Å². The number of rotatable bonds is 9. The van der Waals surface area contributed by atoms with Gasteiger partial charge < -0.3 is 4.74 Å². The van der Waals surface area contributed by atoms with Crippen molar-refractivity contribution in [2.45, 2.75) is 77.7 Å². The molecule has 1 aliphatic rings. The van der Waals surface area contributed by atoms with E-state index in [1.807, 2.05) is 0 Å². The zero-order valence-corrected chi connectivity index (χ0v) is 12.4. The number of ether oxygens (including phenoxy) is 1. The molecule has 0 aromatic rings. The highest BCUT2D eigenvalue weighted by atomic mass is 16.5. The Bertz CT molecular complexity index is 231. The molecule has 1 aliphatic carbocycles. The second kappa shape index (κ2) is 8.68. The van der Waals surface area contributed by atoms with Crippen LogP contribution in [0.2, 0.25) is 0 Å². The standard InChI is InChI=1S/C16H30O2/c1-4-6-9-13(5-2)12-15(17)16(18-3)14-10-7-8-11-14/h13-14,16H,4-12H2,1-3H3. The lowest BCUT2D eigenvalue weighted by Gasteiger charge is -2.23. The number of carbonyl (C=O) groups excluding carboxylic acids is 1. The van der Waals surface area contributed by atoms with E-state index < -0.39 is 0 Å². The highest BCUT2D eigenvalue weighted by Crippen LogP contribution is 2.31. The Morgan fingerprint density at radius 3 is 2.44 bits per heavy atom. The molecule has 0 bridgehead atoms. The predicted molar refractivity (Wildman–Crippen MR) is 75.7 cm³/mol. The number of unbranched alkanes of at least 4 members (excludes halogenated alkanes) is 1. The summed E-state index contributed by atoms with van der Waals surface area (Å²) in [6.45, 7) is 4.41. The summed E-state index contributed by atoms with van der Waals surface area (Å²) in [6.07, 6.45) is 10.3. The van der Waals surface area contributed by atoms with Crippen LogP contribution >= 0.6 is 0 Å². The zero-order chi connectivity index (χ0) is 13.4. The van der Waals surface area contributed by atoms with Crippen molar-refractivity contribution in [1.29, 1.82) is 0 Å². The first kappa shape index (κ1) is 15.7. The van der Waals surface area contributed by atoms with Gasteiger partial charge in [-0.2, -0.15) is 0 Å². The van der Waals surface area contributed by atoms with Gasteiger partial charge in [-0.25, -0.2) is 0 Å². The molecule has 0 aliphatic heterocycles. The first-order valence-corrected chi connectivity index (χ1v) is 7.78. The zero-order valence-electron chi connectivity index (χ0n) is 12.4. The van der Waals surface area contributed by atoms with Crippen LogP contribution in [0.15, 0.2) is 0 Å². The topological polar surface area (TPSA) is 26.3 Å². The highest BCUT2D eigenvalue weighted by Gasteiger charge is 2.31. The number of ketones is 1. The second-order valence-electron chi connectivity index (χ2n) is 5.79. The molecule has 0 aromatic heterocycles. The van der Waals surface area contributed by atoms with Gasteiger partial charge in [0.2, 0.25) is 0 Å². The van der Waals surface area contributed by atoms with E-state index in [2.05, 4.69) is 13.8 Å². The van der Waals surface area contributed by atoms with E-state index in [4.69, 9.17) is 4.74 Å². The van der Waals surface area contributed by atoms with Crippen molar-refractivity contribution >= 4 is 5.78 Å². The molecule has 0 heterocycles. The minimum absolute atomic E-state index is 0.122. The Kier molecular flexibility index (Phi) is 7.57. The van der Waals surface area contributed by atoms with Gasteiger partial charge in [-0.15, -0.1) is 0 Å². The highest BCUT2D eigenvalue weighted by molar-refractivity contribution is 5.83. The van der Waals surface area contributed by atoms with Gasteiger partial charge in [0.25, 0.3) is 0 Å². The summed E-state index contributed by atoms with van der Waals surface area (Å²) in [5.41, 5.74) is 0. The Balaban J connectivity index is 2.44. The Morgan fingerprint density at radius 2 is 1.94 bits per heavy atom. The average molecular weight is 254 g/mol. The maximum absolute atomic E-state index is 12.4. The molecule has 1 saturated carbocycles. The third-order valence-electron chi connectivity index (χ3n) is 4.43. The van der Waals surface area contributed by atoms with Crippen LogP contribution in [0.5, 0.6) is 0 Å². The van der Waals surface area contributed by atoms with Crippen molar-refractivity contribution in [1.82, 2.24) is 0 Å². The molecule has 18 heavy (non-hydrogen) atoms. The summed E-state index contributed by atoms with van der Waals surface area (Å²) in [4.78, 5) is 12.4. The van der Waals surface area contributed by atoms with E-state index in [9.17, 15) is 4.79 Å². The summed E-state index contributed by atoms with van der Waals surface area (Å²) in [5, 5.41) is 0. The molecule has 106 valence electrons. The third kappa shape index (κ3) is 4.72. The lowest BCUT2D eigenvalue weighted by Crippen LogP contribution is -2.31. The Hall–Kier alpha value is -0.370. The molecule has 0 aromatic carbocycles. The fraction of sp³-hybridized carbons (Fsp3) is 0.938. The van der Waals surface area contributed by atoms with Crippen LogP contribution in [-0.2, 0) is 9.53 Å². The monoisotopic (exact) mass is 254 g/mol. The summed E-state index contributed by atoms with van der Waals surface area (Å²) in [6, 6.07) is 0. The number of hydrogen-bond donors (Lipinski definition) is 0. The summed E-state index contributed by atoms with van der Waals surface area (Å²) >= 11 is 0. The van der Waals surface area contributed by atoms with Gasteiger partial charge in [-0.1, -0.05) is 52.4 Å². The van der Waals surface area contributed by atoms with Crippen molar-refractivity contribution in [2.75, 3.05) is 7.11 Å². The van der Waals surface area contributed by atoms with Gasteiger partial charge in [0.1, 0.15) is 6.10 Å². The predicted octanol–water partition coefficient (Wildman–Crippen LogP) is 4.37. The van der Waals surface area contributed by atoms with Crippen molar-refractivity contribution in [2.24, 2.45) is 11.8 Å². The van der Waals surface area contributed by atoms with E-state index in [1.165, 1.54) is 44.9 Å². The molecule has 0 saturated heterocycles. The minimum Gasteiger partial charge on any atom is -0.373 e. The van der Waals surface area contributed by atoms with Crippen LogP contribution in [0, 0.1) is 11.8 Å². The van der Waals surface area contributed by atoms with E-state index in [0.29, 0.717) is 17.6 Å². The van der Waals surface area contributed by atoms with Crippen LogP contribution in [0.3, 0.4) is 0 Å². The lowest BCUT2D eigenvalue weighted by atomic mass is 9.88. The van der Waals surface area contributed by atoms with E-state index in [-0.39, 0.29) is 6.10 Å². The molecule has 2 atom stereocenters. The molecule has 1 fully saturated rings. The molecular weight excluding hydrogens is 224 g/mol. The second-order valence-corrected chi connectivity index (χ2v) is 5.79. The number of carbonyl (C=O) groups is 1. The van der Waals surface area contributed by atoms with Gasteiger partial charge >= 0.3 is 0 Å². The van der Waals surface area contributed by atoms with E-state index in [0.717, 1.165) is 12.8 Å². The molecule has 1 rings (SSSR count). The first-order valence-electron chi connectivity index (χ1n) is 7.78. The summed E-state index contributed by atoms with van der Waals surface area (Å²) in [5.74, 6) is 1.41. The fourth-order valence-corrected chi connectivity index (χ4v) is 3.19. The van der Waals surface area contributed by atoms with Gasteiger partial charge in [0, 0.05) is 13.5 Å². The van der Waals surface area contributed by atoms with Crippen LogP contribution in [0.1, 0.15) is 71.6 Å². The minimum atomic E-state index is -0.122. The van der Waals surface area contributed by atoms with E-state index in [1.54, 1.807) is 7.11 Å². The van der Waals surface area contributed by atoms with Gasteiger partial charge in [0.15, 0.2) is 5.78 Å². The van der Waals surface area contributed by atoms with Crippen molar-refractivity contribution in [3.63, 3.8) is 0 Å². The van der Waals surface area contributed by atoms with Crippen molar-refractivity contribution in [3.05, 3.63) is 0 Å². The molecule has 2 unspecified atom stereocenters. The normalized spacial score (nSPS) is 19.9. The average Bonchev–Trinajstić information content (AvgIpc) is 2.89. The Morgan fingerprint density at radius 1 is 1.28 bits per heavy atom. The van der Waals surface area contributed by atoms with Crippen LogP contribution in [0.25, 0.3) is 0 Å². The van der Waals surface area contributed by atoms with Gasteiger partial charge in [-0.05, 0) is 24.7 Å². The maximum Gasteiger partial charge on any atom is 0.162 e. The van der Waals surface area contributed by atoms with Crippen LogP contribution in [-0.4, -0.2) is 19.0 Å². The molecule has 0 N–H and O–H groups in total. The van der Waals surface area contributed by atoms with Gasteiger partial charge in [0.05, 0.1) is 0 Å². The maximum atomic E-state index is 12.4. The molecule has 2 heteroatoms. The number of methoxy groups -OCH3 is 1. The molecule has 0 radical (unpaired) electrons. The van der Waals surface area contributed by atoms with Crippen LogP contribution < -0.4 is 0 Å². The van der Waals surface area contributed by atoms with Gasteiger partial charge in [-0.3, -0.25) is 4.79 Å². The summed E-state index contributed by atoms with van der Waals surface area (Å²) in [7, 11) is 1.70. The van der Waals surface area contributed by atoms with E-state index >= 15 is 0 Å². The van der Waals surface area contributed by atoms with Crippen LogP contribution in [0.4, 0.5) is 0 Å². The molecule has 0 spiro atoms. The lowest BCUT2D eigenvalue weighted by molar-refractivity contribution is -0.133. The molecule has 0 amide bonds. The largest absolute Gasteiger partial charge is 0.373 e. The first-order chi connectivity index (χ1) is 8.72. The summed E-state index contributed by atoms with van der Waals surface area (Å²) < 4.78 is 5.50. The third-order valence-corrected chi connectivity index (χ3v) is 4.43.